The minimum Gasteiger partial charge on any atom is -0.317 e. The first-order valence-electron chi connectivity index (χ1n) is 6.80. The lowest BCUT2D eigenvalue weighted by Gasteiger charge is -2.13. The summed E-state index contributed by atoms with van der Waals surface area (Å²) in [5.74, 6) is -0.114. The van der Waals surface area contributed by atoms with Crippen LogP contribution in [0.15, 0.2) is 53.7 Å². The molecule has 0 aliphatic carbocycles. The molecular formula is C15H12ClFN4O2S. The Morgan fingerprint density at radius 1 is 1.21 bits per heavy atom. The van der Waals surface area contributed by atoms with Crippen molar-refractivity contribution in [2.75, 3.05) is 4.72 Å². The van der Waals surface area contributed by atoms with Gasteiger partial charge in [0.25, 0.3) is 10.0 Å². The molecule has 9 heteroatoms. The molecule has 2 aromatic carbocycles. The van der Waals surface area contributed by atoms with E-state index in [1.54, 1.807) is 35.9 Å². The van der Waals surface area contributed by atoms with Crippen molar-refractivity contribution in [1.29, 1.82) is 0 Å². The number of aromatic nitrogens is 3. The van der Waals surface area contributed by atoms with Crippen LogP contribution in [0.1, 0.15) is 0 Å². The number of aryl methyl sites for hydroxylation is 1. The zero-order chi connectivity index (χ0) is 17.3. The van der Waals surface area contributed by atoms with Crippen molar-refractivity contribution >= 4 is 27.3 Å². The van der Waals surface area contributed by atoms with Crippen LogP contribution < -0.4 is 4.72 Å². The third-order valence-electron chi connectivity index (χ3n) is 3.31. The molecule has 0 fully saturated rings. The third-order valence-corrected chi connectivity index (χ3v) is 5.16. The van der Waals surface area contributed by atoms with Crippen LogP contribution in [0.2, 0.25) is 5.02 Å². The first-order valence-corrected chi connectivity index (χ1v) is 8.66. The molecule has 124 valence electrons. The summed E-state index contributed by atoms with van der Waals surface area (Å²) in [5.41, 5.74) is 0.869. The monoisotopic (exact) mass is 366 g/mol. The highest BCUT2D eigenvalue weighted by atomic mass is 35.5. The summed E-state index contributed by atoms with van der Waals surface area (Å²) in [6.45, 7) is 0. The summed E-state index contributed by atoms with van der Waals surface area (Å²) in [4.78, 5) is -0.210. The van der Waals surface area contributed by atoms with Gasteiger partial charge in [0, 0.05) is 12.6 Å². The number of para-hydroxylation sites is 1. The van der Waals surface area contributed by atoms with Crippen LogP contribution in [0, 0.1) is 5.82 Å². The first-order chi connectivity index (χ1) is 11.4. The Kier molecular flexibility index (Phi) is 4.25. The summed E-state index contributed by atoms with van der Waals surface area (Å²) < 4.78 is 42.4. The van der Waals surface area contributed by atoms with Crippen LogP contribution >= 0.6 is 11.6 Å². The number of anilines is 1. The molecule has 3 aromatic rings. The second kappa shape index (κ2) is 6.21. The van der Waals surface area contributed by atoms with Gasteiger partial charge in [-0.05, 0) is 30.3 Å². The predicted molar refractivity (Wildman–Crippen MR) is 88.7 cm³/mol. The summed E-state index contributed by atoms with van der Waals surface area (Å²) in [6, 6.07) is 9.86. The maximum Gasteiger partial charge on any atom is 0.263 e. The van der Waals surface area contributed by atoms with Gasteiger partial charge in [-0.15, -0.1) is 10.2 Å². The predicted octanol–water partition coefficient (Wildman–Crippen LogP) is 3.08. The van der Waals surface area contributed by atoms with E-state index in [0.29, 0.717) is 17.1 Å². The normalized spacial score (nSPS) is 11.5. The van der Waals surface area contributed by atoms with Gasteiger partial charge in [0.15, 0.2) is 5.82 Å². The van der Waals surface area contributed by atoms with E-state index in [2.05, 4.69) is 14.9 Å². The molecular weight excluding hydrogens is 355 g/mol. The Morgan fingerprint density at radius 2 is 1.96 bits per heavy atom. The molecule has 24 heavy (non-hydrogen) atoms. The maximum absolute atomic E-state index is 13.1. The van der Waals surface area contributed by atoms with Gasteiger partial charge in [-0.2, -0.15) is 0 Å². The van der Waals surface area contributed by atoms with E-state index in [-0.39, 0.29) is 9.92 Å². The first kappa shape index (κ1) is 16.4. The number of nitrogens with zero attached hydrogens (tertiary/aromatic N) is 3. The quantitative estimate of drug-likeness (QED) is 0.769. The Morgan fingerprint density at radius 3 is 2.62 bits per heavy atom. The molecule has 6 nitrogen and oxygen atoms in total. The number of rotatable bonds is 4. The fourth-order valence-electron chi connectivity index (χ4n) is 2.19. The highest BCUT2D eigenvalue weighted by Gasteiger charge is 2.21. The van der Waals surface area contributed by atoms with Crippen LogP contribution in [0.5, 0.6) is 0 Å². The Balaban J connectivity index is 2.04. The molecule has 1 N–H and O–H groups in total. The van der Waals surface area contributed by atoms with E-state index in [9.17, 15) is 12.8 Å². The largest absolute Gasteiger partial charge is 0.317 e. The highest BCUT2D eigenvalue weighted by molar-refractivity contribution is 7.92. The molecule has 0 saturated heterocycles. The standard InChI is InChI=1S/C15H12ClFN4O2S/c1-21-9-18-19-15(21)11-4-2-3-5-13(11)20-24(22,23)14-7-6-10(17)8-12(14)16/h2-9,20H,1H3. The van der Waals surface area contributed by atoms with Crippen molar-refractivity contribution in [3.05, 3.63) is 59.6 Å². The van der Waals surface area contributed by atoms with Crippen molar-refractivity contribution in [1.82, 2.24) is 14.8 Å². The van der Waals surface area contributed by atoms with Gasteiger partial charge in [-0.3, -0.25) is 4.72 Å². The molecule has 0 unspecified atom stereocenters. The van der Waals surface area contributed by atoms with Gasteiger partial charge in [0.1, 0.15) is 17.0 Å². The third kappa shape index (κ3) is 3.10. The van der Waals surface area contributed by atoms with Gasteiger partial charge in [0.2, 0.25) is 0 Å². The molecule has 0 aliphatic rings. The highest BCUT2D eigenvalue weighted by Crippen LogP contribution is 2.29. The van der Waals surface area contributed by atoms with Crippen LogP contribution in [-0.2, 0) is 17.1 Å². The lowest BCUT2D eigenvalue weighted by atomic mass is 10.2. The van der Waals surface area contributed by atoms with E-state index in [0.717, 1.165) is 18.2 Å². The van der Waals surface area contributed by atoms with Gasteiger partial charge in [-0.25, -0.2) is 12.8 Å². The minimum atomic E-state index is -3.99. The molecule has 0 amide bonds. The molecule has 0 atom stereocenters. The molecule has 3 rings (SSSR count). The zero-order valence-electron chi connectivity index (χ0n) is 12.4. The Labute approximate surface area is 143 Å². The number of sulfonamides is 1. The lowest BCUT2D eigenvalue weighted by Crippen LogP contribution is -2.14. The topological polar surface area (TPSA) is 76.9 Å². The van der Waals surface area contributed by atoms with E-state index in [1.165, 1.54) is 6.33 Å². The molecule has 0 bridgehead atoms. The number of nitrogens with one attached hydrogen (secondary N) is 1. The molecule has 0 saturated carbocycles. The van der Waals surface area contributed by atoms with Crippen LogP contribution in [0.25, 0.3) is 11.4 Å². The van der Waals surface area contributed by atoms with Gasteiger partial charge >= 0.3 is 0 Å². The molecule has 0 spiro atoms. The summed E-state index contributed by atoms with van der Waals surface area (Å²) >= 11 is 5.86. The summed E-state index contributed by atoms with van der Waals surface area (Å²) in [7, 11) is -2.25. The van der Waals surface area contributed by atoms with E-state index >= 15 is 0 Å². The molecule has 0 radical (unpaired) electrons. The van der Waals surface area contributed by atoms with E-state index in [1.807, 2.05) is 0 Å². The smallest absolute Gasteiger partial charge is 0.263 e. The van der Waals surface area contributed by atoms with Crippen molar-refractivity contribution < 1.29 is 12.8 Å². The van der Waals surface area contributed by atoms with Crippen molar-refractivity contribution in [2.24, 2.45) is 7.05 Å². The number of hydrogen-bond acceptors (Lipinski definition) is 4. The second-order valence-electron chi connectivity index (χ2n) is 4.99. The van der Waals surface area contributed by atoms with E-state index in [4.69, 9.17) is 11.6 Å². The van der Waals surface area contributed by atoms with Gasteiger partial charge < -0.3 is 4.57 Å². The average Bonchev–Trinajstić information content (AvgIpc) is 2.93. The average molecular weight is 367 g/mol. The van der Waals surface area contributed by atoms with Crippen molar-refractivity contribution in [3.63, 3.8) is 0 Å². The Bertz CT molecular complexity index is 1000. The minimum absolute atomic E-state index is 0.196. The number of halogens is 2. The Hall–Kier alpha value is -2.45. The van der Waals surface area contributed by atoms with Crippen LogP contribution in [0.4, 0.5) is 10.1 Å². The molecule has 1 heterocycles. The van der Waals surface area contributed by atoms with Crippen molar-refractivity contribution in [2.45, 2.75) is 4.90 Å². The summed E-state index contributed by atoms with van der Waals surface area (Å²) in [5, 5.41) is 7.58. The zero-order valence-corrected chi connectivity index (χ0v) is 14.0. The van der Waals surface area contributed by atoms with Gasteiger partial charge in [-0.1, -0.05) is 23.7 Å². The molecule has 0 aliphatic heterocycles. The lowest BCUT2D eigenvalue weighted by molar-refractivity contribution is 0.600. The SMILES string of the molecule is Cn1cnnc1-c1ccccc1NS(=O)(=O)c1ccc(F)cc1Cl. The number of benzene rings is 2. The molecule has 1 aromatic heterocycles. The van der Waals surface area contributed by atoms with Crippen LogP contribution in [-0.4, -0.2) is 23.2 Å². The summed E-state index contributed by atoms with van der Waals surface area (Å²) in [6.07, 6.45) is 1.51. The fourth-order valence-corrected chi connectivity index (χ4v) is 3.80. The van der Waals surface area contributed by atoms with Gasteiger partial charge in [0.05, 0.1) is 10.7 Å². The van der Waals surface area contributed by atoms with Crippen molar-refractivity contribution in [3.8, 4) is 11.4 Å². The second-order valence-corrected chi connectivity index (χ2v) is 7.05. The number of hydrogen-bond donors (Lipinski definition) is 1. The maximum atomic E-state index is 13.1. The van der Waals surface area contributed by atoms with Crippen LogP contribution in [0.3, 0.4) is 0 Å². The van der Waals surface area contributed by atoms with E-state index < -0.39 is 15.8 Å². The fraction of sp³-hybridized carbons (Fsp3) is 0.0667.